The highest BCUT2D eigenvalue weighted by molar-refractivity contribution is 7.89. The van der Waals surface area contributed by atoms with Crippen LogP contribution in [0, 0.1) is 0 Å². The smallest absolute Gasteiger partial charge is 0.242 e. The minimum atomic E-state index is -3.48. The van der Waals surface area contributed by atoms with E-state index in [0.717, 1.165) is 9.87 Å². The van der Waals surface area contributed by atoms with Crippen molar-refractivity contribution in [3.05, 3.63) is 48.0 Å². The number of carbonyl (C=O) groups excluding carboxylic acids is 1. The van der Waals surface area contributed by atoms with Crippen molar-refractivity contribution in [3.8, 4) is 11.5 Å². The molecule has 27 heavy (non-hydrogen) atoms. The third-order valence-electron chi connectivity index (χ3n) is 3.97. The Morgan fingerprint density at radius 3 is 2.04 bits per heavy atom. The molecule has 0 aliphatic carbocycles. The van der Waals surface area contributed by atoms with Crippen molar-refractivity contribution >= 4 is 21.6 Å². The summed E-state index contributed by atoms with van der Waals surface area (Å²) in [5, 5.41) is 2.77. The van der Waals surface area contributed by atoms with Crippen molar-refractivity contribution in [1.29, 1.82) is 0 Å². The van der Waals surface area contributed by atoms with Gasteiger partial charge in [0.2, 0.25) is 15.9 Å². The number of hydrogen-bond acceptors (Lipinski definition) is 5. The molecule has 8 heteroatoms. The van der Waals surface area contributed by atoms with Gasteiger partial charge in [-0.3, -0.25) is 4.79 Å². The lowest BCUT2D eigenvalue weighted by molar-refractivity contribution is -0.116. The molecule has 2 rings (SSSR count). The maximum absolute atomic E-state index is 12.2. The second-order valence-electron chi connectivity index (χ2n) is 6.08. The third-order valence-corrected chi connectivity index (χ3v) is 5.80. The SMILES string of the molecule is COc1cc(CCC(=O)Nc2ccc(S(=O)(=O)N(C)C)cc2)cc(OC)c1. The summed E-state index contributed by atoms with van der Waals surface area (Å²) < 4.78 is 35.7. The fourth-order valence-corrected chi connectivity index (χ4v) is 3.31. The first-order valence-corrected chi connectivity index (χ1v) is 9.74. The van der Waals surface area contributed by atoms with Gasteiger partial charge in [0.25, 0.3) is 0 Å². The van der Waals surface area contributed by atoms with Gasteiger partial charge >= 0.3 is 0 Å². The first kappa shape index (κ1) is 20.7. The fraction of sp³-hybridized carbons (Fsp3) is 0.316. The quantitative estimate of drug-likeness (QED) is 0.746. The molecule has 0 bridgehead atoms. The Kier molecular flexibility index (Phi) is 6.81. The van der Waals surface area contributed by atoms with Gasteiger partial charge in [-0.25, -0.2) is 12.7 Å². The molecule has 146 valence electrons. The zero-order valence-electron chi connectivity index (χ0n) is 15.9. The van der Waals surface area contributed by atoms with E-state index in [1.54, 1.807) is 32.4 Å². The summed E-state index contributed by atoms with van der Waals surface area (Å²) >= 11 is 0. The van der Waals surface area contributed by atoms with Crippen LogP contribution in [0.5, 0.6) is 11.5 Å². The molecule has 0 fully saturated rings. The Morgan fingerprint density at radius 2 is 1.56 bits per heavy atom. The summed E-state index contributed by atoms with van der Waals surface area (Å²) in [5.41, 5.74) is 1.47. The minimum absolute atomic E-state index is 0.167. The zero-order valence-corrected chi connectivity index (χ0v) is 16.7. The number of hydrogen-bond donors (Lipinski definition) is 1. The fourth-order valence-electron chi connectivity index (χ4n) is 2.41. The molecule has 2 aromatic rings. The molecular weight excluding hydrogens is 368 g/mol. The first-order valence-electron chi connectivity index (χ1n) is 8.30. The van der Waals surface area contributed by atoms with Crippen LogP contribution < -0.4 is 14.8 Å². The van der Waals surface area contributed by atoms with Crippen LogP contribution in [0.2, 0.25) is 0 Å². The van der Waals surface area contributed by atoms with Gasteiger partial charge in [0, 0.05) is 32.3 Å². The molecule has 0 radical (unpaired) electrons. The molecule has 1 N–H and O–H groups in total. The third kappa shape index (κ3) is 5.45. The standard InChI is InChI=1S/C19H24N2O5S/c1-21(2)27(23,24)18-8-6-15(7-9-18)20-19(22)10-5-14-11-16(25-3)13-17(12-14)26-4/h6-9,11-13H,5,10H2,1-4H3,(H,20,22). The van der Waals surface area contributed by atoms with E-state index in [0.29, 0.717) is 23.6 Å². The summed E-state index contributed by atoms with van der Waals surface area (Å²) in [7, 11) is 2.61. The Bertz CT molecular complexity index is 871. The van der Waals surface area contributed by atoms with Gasteiger partial charge in [0.1, 0.15) is 11.5 Å². The number of carbonyl (C=O) groups is 1. The van der Waals surface area contributed by atoms with E-state index in [1.807, 2.05) is 12.1 Å². The van der Waals surface area contributed by atoms with E-state index in [4.69, 9.17) is 9.47 Å². The second-order valence-corrected chi connectivity index (χ2v) is 8.23. The molecule has 2 aromatic carbocycles. The minimum Gasteiger partial charge on any atom is -0.497 e. The van der Waals surface area contributed by atoms with Crippen LogP contribution in [0.3, 0.4) is 0 Å². The van der Waals surface area contributed by atoms with E-state index in [1.165, 1.54) is 26.2 Å². The number of nitrogens with one attached hydrogen (secondary N) is 1. The number of methoxy groups -OCH3 is 2. The van der Waals surface area contributed by atoms with Gasteiger partial charge in [-0.15, -0.1) is 0 Å². The average molecular weight is 392 g/mol. The predicted octanol–water partition coefficient (Wildman–Crippen LogP) is 2.53. The van der Waals surface area contributed by atoms with Crippen molar-refractivity contribution in [1.82, 2.24) is 4.31 Å². The number of aryl methyl sites for hydroxylation is 1. The molecular formula is C19H24N2O5S. The average Bonchev–Trinajstić information content (AvgIpc) is 2.66. The highest BCUT2D eigenvalue weighted by Gasteiger charge is 2.16. The number of anilines is 1. The van der Waals surface area contributed by atoms with Gasteiger partial charge in [0.05, 0.1) is 19.1 Å². The maximum atomic E-state index is 12.2. The summed E-state index contributed by atoms with van der Waals surface area (Å²) in [6, 6.07) is 11.6. The molecule has 7 nitrogen and oxygen atoms in total. The Balaban J connectivity index is 1.98. The highest BCUT2D eigenvalue weighted by Crippen LogP contribution is 2.23. The lowest BCUT2D eigenvalue weighted by atomic mass is 10.1. The summed E-state index contributed by atoms with van der Waals surface area (Å²) in [4.78, 5) is 12.4. The van der Waals surface area contributed by atoms with Crippen molar-refractivity contribution < 1.29 is 22.7 Å². The van der Waals surface area contributed by atoms with Crippen LogP contribution in [0.15, 0.2) is 47.4 Å². The van der Waals surface area contributed by atoms with Crippen LogP contribution in [0.1, 0.15) is 12.0 Å². The Morgan fingerprint density at radius 1 is 1.00 bits per heavy atom. The van der Waals surface area contributed by atoms with E-state index in [2.05, 4.69) is 5.32 Å². The highest BCUT2D eigenvalue weighted by atomic mass is 32.2. The monoisotopic (exact) mass is 392 g/mol. The van der Waals surface area contributed by atoms with Crippen LogP contribution >= 0.6 is 0 Å². The molecule has 0 unspecified atom stereocenters. The van der Waals surface area contributed by atoms with Gasteiger partial charge in [-0.05, 0) is 48.4 Å². The van der Waals surface area contributed by atoms with Crippen molar-refractivity contribution in [3.63, 3.8) is 0 Å². The number of nitrogens with zero attached hydrogens (tertiary/aromatic N) is 1. The number of amides is 1. The molecule has 0 aromatic heterocycles. The zero-order chi connectivity index (χ0) is 20.0. The molecule has 0 saturated heterocycles. The largest absolute Gasteiger partial charge is 0.497 e. The van der Waals surface area contributed by atoms with Gasteiger partial charge < -0.3 is 14.8 Å². The number of rotatable bonds is 8. The second kappa shape index (κ2) is 8.88. The number of benzene rings is 2. The summed E-state index contributed by atoms with van der Waals surface area (Å²) in [6.45, 7) is 0. The van der Waals surface area contributed by atoms with Gasteiger partial charge in [-0.2, -0.15) is 0 Å². The molecule has 0 aliphatic rings. The molecule has 0 aliphatic heterocycles. The molecule has 0 spiro atoms. The summed E-state index contributed by atoms with van der Waals surface area (Å²) in [5.74, 6) is 1.17. The number of sulfonamides is 1. The maximum Gasteiger partial charge on any atom is 0.242 e. The molecule has 0 atom stereocenters. The lowest BCUT2D eigenvalue weighted by Crippen LogP contribution is -2.22. The van der Waals surface area contributed by atoms with E-state index >= 15 is 0 Å². The molecule has 1 amide bonds. The Hall–Kier alpha value is -2.58. The van der Waals surface area contributed by atoms with Gasteiger partial charge in [-0.1, -0.05) is 0 Å². The summed E-state index contributed by atoms with van der Waals surface area (Å²) in [6.07, 6.45) is 0.792. The van der Waals surface area contributed by atoms with Crippen LogP contribution in [-0.2, 0) is 21.2 Å². The van der Waals surface area contributed by atoms with Crippen molar-refractivity contribution in [2.75, 3.05) is 33.6 Å². The molecule has 0 heterocycles. The Labute approximate surface area is 160 Å². The van der Waals surface area contributed by atoms with Crippen LogP contribution in [-0.4, -0.2) is 46.9 Å². The van der Waals surface area contributed by atoms with E-state index in [9.17, 15) is 13.2 Å². The van der Waals surface area contributed by atoms with E-state index < -0.39 is 10.0 Å². The van der Waals surface area contributed by atoms with Crippen molar-refractivity contribution in [2.45, 2.75) is 17.7 Å². The van der Waals surface area contributed by atoms with Gasteiger partial charge in [0.15, 0.2) is 0 Å². The topological polar surface area (TPSA) is 84.9 Å². The molecule has 0 saturated carbocycles. The lowest BCUT2D eigenvalue weighted by Gasteiger charge is -2.12. The normalized spacial score (nSPS) is 11.3. The number of ether oxygens (including phenoxy) is 2. The van der Waals surface area contributed by atoms with Crippen molar-refractivity contribution in [2.24, 2.45) is 0 Å². The predicted molar refractivity (Wildman–Crippen MR) is 104 cm³/mol. The van der Waals surface area contributed by atoms with Crippen LogP contribution in [0.4, 0.5) is 5.69 Å². The van der Waals surface area contributed by atoms with E-state index in [-0.39, 0.29) is 17.2 Å². The first-order chi connectivity index (χ1) is 12.8. The van der Waals surface area contributed by atoms with Crippen LogP contribution in [0.25, 0.3) is 0 Å².